The van der Waals surface area contributed by atoms with Gasteiger partial charge in [0.05, 0.1) is 11.0 Å². The van der Waals surface area contributed by atoms with E-state index in [0.717, 1.165) is 13.1 Å². The summed E-state index contributed by atoms with van der Waals surface area (Å²) in [5.41, 5.74) is 5.66. The molecule has 0 aliphatic carbocycles. The third-order valence-electron chi connectivity index (χ3n) is 2.47. The van der Waals surface area contributed by atoms with Crippen molar-refractivity contribution < 1.29 is 0 Å². The van der Waals surface area contributed by atoms with E-state index in [-0.39, 0.29) is 6.04 Å². The zero-order valence-corrected chi connectivity index (χ0v) is 10.8. The molecule has 0 aromatic carbocycles. The van der Waals surface area contributed by atoms with Crippen molar-refractivity contribution in [2.45, 2.75) is 32.9 Å². The summed E-state index contributed by atoms with van der Waals surface area (Å²) in [6.45, 7) is 8.42. The van der Waals surface area contributed by atoms with Crippen LogP contribution in [0.15, 0.2) is 0 Å². The number of hydrogen-bond acceptors (Lipinski definition) is 3. The van der Waals surface area contributed by atoms with E-state index >= 15 is 0 Å². The van der Waals surface area contributed by atoms with Gasteiger partial charge in [-0.15, -0.1) is 0 Å². The Morgan fingerprint density at radius 1 is 1.36 bits per heavy atom. The molecule has 0 aliphatic heterocycles. The van der Waals surface area contributed by atoms with Gasteiger partial charge in [-0.3, -0.25) is 4.90 Å². The van der Waals surface area contributed by atoms with Crippen molar-refractivity contribution in [1.82, 2.24) is 9.80 Å². The summed E-state index contributed by atoms with van der Waals surface area (Å²) in [5.74, 6) is 0. The highest BCUT2D eigenvalue weighted by atomic mass is 32.1. The lowest BCUT2D eigenvalue weighted by Gasteiger charge is -2.34. The number of nitrogens with two attached hydrogens (primary N) is 1. The van der Waals surface area contributed by atoms with Gasteiger partial charge in [0.15, 0.2) is 0 Å². The molecule has 0 rings (SSSR count). The highest BCUT2D eigenvalue weighted by Gasteiger charge is 2.20. The highest BCUT2D eigenvalue weighted by molar-refractivity contribution is 7.80. The molecule has 0 fully saturated rings. The maximum atomic E-state index is 5.66. The zero-order chi connectivity index (χ0) is 11.3. The summed E-state index contributed by atoms with van der Waals surface area (Å²) in [6, 6.07) is 0.663. The molecule has 2 unspecified atom stereocenters. The lowest BCUT2D eigenvalue weighted by atomic mass is 10.2. The van der Waals surface area contributed by atoms with Crippen molar-refractivity contribution in [1.29, 1.82) is 0 Å². The maximum Gasteiger partial charge on any atom is 0.0899 e. The van der Waals surface area contributed by atoms with E-state index < -0.39 is 0 Å². The topological polar surface area (TPSA) is 32.5 Å². The Labute approximate surface area is 93.2 Å². The van der Waals surface area contributed by atoms with Gasteiger partial charge in [0.25, 0.3) is 0 Å². The number of hydrogen-bond donors (Lipinski definition) is 1. The average molecular weight is 217 g/mol. The molecule has 2 atom stereocenters. The lowest BCUT2D eigenvalue weighted by molar-refractivity contribution is 0.167. The minimum absolute atomic E-state index is 0.185. The number of nitrogens with zero attached hydrogens (tertiary/aromatic N) is 2. The zero-order valence-electron chi connectivity index (χ0n) is 9.95. The van der Waals surface area contributed by atoms with Gasteiger partial charge in [-0.25, -0.2) is 0 Å². The number of rotatable bonds is 6. The fourth-order valence-electron chi connectivity index (χ4n) is 1.76. The summed E-state index contributed by atoms with van der Waals surface area (Å²) in [4.78, 5) is 5.08. The van der Waals surface area contributed by atoms with Gasteiger partial charge in [-0.2, -0.15) is 0 Å². The first-order valence-electron chi connectivity index (χ1n) is 5.09. The van der Waals surface area contributed by atoms with Gasteiger partial charge in [0, 0.05) is 12.6 Å². The van der Waals surface area contributed by atoms with Crippen LogP contribution < -0.4 is 5.73 Å². The van der Waals surface area contributed by atoms with Gasteiger partial charge in [-0.05, 0) is 34.5 Å². The summed E-state index contributed by atoms with van der Waals surface area (Å²) >= 11 is 5.02. The third kappa shape index (κ3) is 4.35. The molecular formula is C10H23N3S. The minimum Gasteiger partial charge on any atom is -0.392 e. The van der Waals surface area contributed by atoms with Crippen molar-refractivity contribution in [2.75, 3.05) is 27.2 Å². The van der Waals surface area contributed by atoms with Crippen LogP contribution in [0, 0.1) is 0 Å². The van der Waals surface area contributed by atoms with E-state index in [4.69, 9.17) is 18.0 Å². The summed E-state index contributed by atoms with van der Waals surface area (Å²) in [7, 11) is 4.16. The first-order chi connectivity index (χ1) is 6.40. The second-order valence-electron chi connectivity index (χ2n) is 4.02. The van der Waals surface area contributed by atoms with Gasteiger partial charge < -0.3 is 10.6 Å². The van der Waals surface area contributed by atoms with Crippen molar-refractivity contribution in [3.63, 3.8) is 0 Å². The van der Waals surface area contributed by atoms with Crippen molar-refractivity contribution >= 4 is 17.2 Å². The molecule has 0 saturated heterocycles. The Balaban J connectivity index is 4.31. The van der Waals surface area contributed by atoms with Crippen LogP contribution in [-0.2, 0) is 0 Å². The second kappa shape index (κ2) is 6.32. The van der Waals surface area contributed by atoms with E-state index in [1.165, 1.54) is 0 Å². The largest absolute Gasteiger partial charge is 0.392 e. The average Bonchev–Trinajstić information content (AvgIpc) is 2.03. The Morgan fingerprint density at radius 3 is 2.14 bits per heavy atom. The first-order valence-corrected chi connectivity index (χ1v) is 5.50. The molecule has 0 bridgehead atoms. The van der Waals surface area contributed by atoms with Crippen LogP contribution >= 0.6 is 12.2 Å². The Hall–Kier alpha value is -0.190. The summed E-state index contributed by atoms with van der Waals surface area (Å²) in [6.07, 6.45) is 0. The highest BCUT2D eigenvalue weighted by Crippen LogP contribution is 2.06. The van der Waals surface area contributed by atoms with E-state index in [1.807, 2.05) is 0 Å². The molecule has 14 heavy (non-hydrogen) atoms. The van der Waals surface area contributed by atoms with Gasteiger partial charge in [-0.1, -0.05) is 19.1 Å². The molecule has 0 saturated carbocycles. The molecule has 0 radical (unpaired) electrons. The van der Waals surface area contributed by atoms with Crippen LogP contribution in [0.25, 0.3) is 0 Å². The molecule has 0 aromatic rings. The van der Waals surface area contributed by atoms with Crippen LogP contribution in [0.5, 0.6) is 0 Å². The van der Waals surface area contributed by atoms with Crippen LogP contribution in [-0.4, -0.2) is 54.1 Å². The quantitative estimate of drug-likeness (QED) is 0.671. The fraction of sp³-hybridized carbons (Fsp3) is 0.900. The van der Waals surface area contributed by atoms with Crippen molar-refractivity contribution in [3.05, 3.63) is 0 Å². The van der Waals surface area contributed by atoms with Crippen LogP contribution in [0.4, 0.5) is 0 Å². The molecular weight excluding hydrogens is 194 g/mol. The first kappa shape index (κ1) is 13.8. The third-order valence-corrected chi connectivity index (χ3v) is 2.81. The molecule has 0 spiro atoms. The smallest absolute Gasteiger partial charge is 0.0899 e. The molecule has 3 nitrogen and oxygen atoms in total. The summed E-state index contributed by atoms with van der Waals surface area (Å²) < 4.78 is 0. The van der Waals surface area contributed by atoms with Crippen LogP contribution in [0.1, 0.15) is 20.8 Å². The predicted molar refractivity (Wildman–Crippen MR) is 66.6 cm³/mol. The Kier molecular flexibility index (Phi) is 6.24. The minimum atomic E-state index is 0.185. The van der Waals surface area contributed by atoms with Gasteiger partial charge in [0.1, 0.15) is 0 Å². The molecule has 2 N–H and O–H groups in total. The van der Waals surface area contributed by atoms with Crippen LogP contribution in [0.3, 0.4) is 0 Å². The molecule has 0 aliphatic rings. The molecule has 84 valence electrons. The maximum absolute atomic E-state index is 5.66. The number of likely N-dealkylation sites (N-methyl/N-ethyl adjacent to an activating group) is 2. The van der Waals surface area contributed by atoms with E-state index in [1.54, 1.807) is 0 Å². The monoisotopic (exact) mass is 217 g/mol. The normalized spacial score (nSPS) is 15.9. The summed E-state index contributed by atoms with van der Waals surface area (Å²) in [5, 5.41) is 0. The Morgan fingerprint density at radius 2 is 1.86 bits per heavy atom. The van der Waals surface area contributed by atoms with Crippen LogP contribution in [0.2, 0.25) is 0 Å². The van der Waals surface area contributed by atoms with E-state index in [9.17, 15) is 0 Å². The lowest BCUT2D eigenvalue weighted by Crippen LogP contribution is -2.49. The van der Waals surface area contributed by atoms with Gasteiger partial charge >= 0.3 is 0 Å². The predicted octanol–water partition coefficient (Wildman–Crippen LogP) is 0.933. The van der Waals surface area contributed by atoms with Crippen molar-refractivity contribution in [3.8, 4) is 0 Å². The second-order valence-corrected chi connectivity index (χ2v) is 4.49. The molecule has 4 heteroatoms. The molecule has 0 amide bonds. The SMILES string of the molecule is CCN(C(C)CN(C)C)C(C)C(N)=S. The fourth-order valence-corrected chi connectivity index (χ4v) is 1.90. The van der Waals surface area contributed by atoms with Gasteiger partial charge in [0.2, 0.25) is 0 Å². The van der Waals surface area contributed by atoms with E-state index in [0.29, 0.717) is 11.0 Å². The molecule has 0 heterocycles. The van der Waals surface area contributed by atoms with Crippen molar-refractivity contribution in [2.24, 2.45) is 5.73 Å². The number of thiocarbonyl (C=S) groups is 1. The Bertz CT molecular complexity index is 182. The molecule has 0 aromatic heterocycles. The standard InChI is InChI=1S/C10H23N3S/c1-6-13(9(3)10(11)14)8(2)7-12(4)5/h8-9H,6-7H2,1-5H3,(H2,11,14). The van der Waals surface area contributed by atoms with E-state index in [2.05, 4.69) is 44.7 Å².